The number of hydrogen-bond acceptors (Lipinski definition) is 4. The molecule has 0 aliphatic rings. The molecule has 1 aromatic rings. The van der Waals surface area contributed by atoms with Crippen molar-refractivity contribution < 1.29 is 14.6 Å². The Morgan fingerprint density at radius 3 is 2.88 bits per heavy atom. The summed E-state index contributed by atoms with van der Waals surface area (Å²) in [5.74, 6) is 0.410. The molecule has 0 unspecified atom stereocenters. The topological polar surface area (TPSA) is 58.6 Å². The van der Waals surface area contributed by atoms with E-state index in [1.54, 1.807) is 0 Å². The molecule has 0 radical (unpaired) electrons. The Morgan fingerprint density at radius 2 is 2.31 bits per heavy atom. The minimum absolute atomic E-state index is 0.0740. The highest BCUT2D eigenvalue weighted by Gasteiger charge is 2.20. The molecule has 1 amide bonds. The largest absolute Gasteiger partial charge is 0.494 e. The van der Waals surface area contributed by atoms with Crippen molar-refractivity contribution in [1.82, 2.24) is 5.32 Å². The van der Waals surface area contributed by atoms with E-state index in [2.05, 4.69) is 21.2 Å². The predicted octanol–water partition coefficient (Wildman–Crippen LogP) is 1.94. The first-order chi connectivity index (χ1) is 7.61. The maximum Gasteiger partial charge on any atom is 0.265 e. The fraction of sp³-hybridized carbons (Fsp3) is 0.500. The highest BCUT2D eigenvalue weighted by Crippen LogP contribution is 2.38. The Labute approximate surface area is 107 Å². The molecule has 90 valence electrons. The predicted molar refractivity (Wildman–Crippen MR) is 67.3 cm³/mol. The van der Waals surface area contributed by atoms with Crippen LogP contribution in [-0.4, -0.2) is 31.3 Å². The van der Waals surface area contributed by atoms with Crippen LogP contribution in [0, 0.1) is 6.92 Å². The molecule has 0 saturated carbocycles. The quantitative estimate of drug-likeness (QED) is 0.817. The van der Waals surface area contributed by atoms with Gasteiger partial charge < -0.3 is 15.2 Å². The third-order valence-corrected chi connectivity index (χ3v) is 4.30. The van der Waals surface area contributed by atoms with Gasteiger partial charge in [0, 0.05) is 18.0 Å². The molecule has 2 N–H and O–H groups in total. The number of thiophene rings is 1. The molecule has 0 atom stereocenters. The van der Waals surface area contributed by atoms with Crippen LogP contribution in [0.3, 0.4) is 0 Å². The number of carbonyl (C=O) groups excluding carboxylic acids is 1. The molecule has 6 heteroatoms. The van der Waals surface area contributed by atoms with Crippen molar-refractivity contribution in [3.05, 3.63) is 14.2 Å². The van der Waals surface area contributed by atoms with Gasteiger partial charge in [-0.2, -0.15) is 0 Å². The van der Waals surface area contributed by atoms with Gasteiger partial charge in [0.15, 0.2) is 5.75 Å². The minimum Gasteiger partial charge on any atom is -0.494 e. The molecule has 0 saturated heterocycles. The smallest absolute Gasteiger partial charge is 0.265 e. The summed E-state index contributed by atoms with van der Waals surface area (Å²) < 4.78 is 6.00. The zero-order chi connectivity index (χ0) is 12.1. The molecule has 0 aliphatic carbocycles. The van der Waals surface area contributed by atoms with Crippen molar-refractivity contribution in [1.29, 1.82) is 0 Å². The number of amides is 1. The van der Waals surface area contributed by atoms with Gasteiger partial charge in [-0.15, -0.1) is 11.3 Å². The molecule has 0 fully saturated rings. The molecular formula is C10H14BrNO3S. The summed E-state index contributed by atoms with van der Waals surface area (Å²) >= 11 is 4.76. The van der Waals surface area contributed by atoms with E-state index in [0.717, 1.165) is 9.35 Å². The van der Waals surface area contributed by atoms with E-state index in [1.807, 2.05) is 6.92 Å². The normalized spacial score (nSPS) is 10.2. The second-order valence-electron chi connectivity index (χ2n) is 3.17. The lowest BCUT2D eigenvalue weighted by molar-refractivity contribution is 0.0952. The van der Waals surface area contributed by atoms with Crippen LogP contribution < -0.4 is 10.1 Å². The standard InChI is InChI=1S/C10H14BrNO3S/c1-6-7(11)8(15-2)9(16-6)10(14)12-4-3-5-13/h13H,3-5H2,1-2H3,(H,12,14). The van der Waals surface area contributed by atoms with Crippen LogP contribution in [0.5, 0.6) is 5.75 Å². The van der Waals surface area contributed by atoms with Crippen LogP contribution in [0.2, 0.25) is 0 Å². The van der Waals surface area contributed by atoms with Crippen molar-refractivity contribution in [3.63, 3.8) is 0 Å². The average Bonchev–Trinajstić information content (AvgIpc) is 2.55. The summed E-state index contributed by atoms with van der Waals surface area (Å²) in [5.41, 5.74) is 0. The second kappa shape index (κ2) is 6.22. The lowest BCUT2D eigenvalue weighted by Gasteiger charge is -2.04. The summed E-state index contributed by atoms with van der Waals surface area (Å²) in [6.07, 6.45) is 0.555. The van der Waals surface area contributed by atoms with Crippen LogP contribution >= 0.6 is 27.3 Å². The Kier molecular flexibility index (Phi) is 5.24. The van der Waals surface area contributed by atoms with E-state index in [1.165, 1.54) is 18.4 Å². The van der Waals surface area contributed by atoms with Crippen LogP contribution in [0.4, 0.5) is 0 Å². The highest BCUT2D eigenvalue weighted by molar-refractivity contribution is 9.10. The minimum atomic E-state index is -0.163. The van der Waals surface area contributed by atoms with Gasteiger partial charge in [-0.3, -0.25) is 4.79 Å². The Morgan fingerprint density at radius 1 is 1.62 bits per heavy atom. The molecule has 0 bridgehead atoms. The summed E-state index contributed by atoms with van der Waals surface area (Å²) in [5, 5.41) is 11.3. The summed E-state index contributed by atoms with van der Waals surface area (Å²) in [6.45, 7) is 2.46. The average molecular weight is 308 g/mol. The van der Waals surface area contributed by atoms with Gasteiger partial charge in [-0.05, 0) is 29.3 Å². The number of methoxy groups -OCH3 is 1. The van der Waals surface area contributed by atoms with Crippen LogP contribution in [-0.2, 0) is 0 Å². The molecule has 16 heavy (non-hydrogen) atoms. The third-order valence-electron chi connectivity index (χ3n) is 2.00. The lowest BCUT2D eigenvalue weighted by atomic mass is 10.3. The highest BCUT2D eigenvalue weighted by atomic mass is 79.9. The fourth-order valence-electron chi connectivity index (χ4n) is 1.20. The monoisotopic (exact) mass is 307 g/mol. The van der Waals surface area contributed by atoms with E-state index in [0.29, 0.717) is 23.6 Å². The lowest BCUT2D eigenvalue weighted by Crippen LogP contribution is -2.24. The van der Waals surface area contributed by atoms with E-state index < -0.39 is 0 Å². The van der Waals surface area contributed by atoms with Crippen LogP contribution in [0.1, 0.15) is 21.0 Å². The van der Waals surface area contributed by atoms with Gasteiger partial charge in [-0.1, -0.05) is 0 Å². The molecule has 1 heterocycles. The zero-order valence-electron chi connectivity index (χ0n) is 9.17. The molecule has 1 rings (SSSR count). The van der Waals surface area contributed by atoms with Gasteiger partial charge in [0.05, 0.1) is 11.6 Å². The number of carbonyl (C=O) groups is 1. The number of aryl methyl sites for hydroxylation is 1. The van der Waals surface area contributed by atoms with Gasteiger partial charge in [0.1, 0.15) is 4.88 Å². The fourth-order valence-corrected chi connectivity index (χ4v) is 2.86. The molecule has 0 aromatic carbocycles. The van der Waals surface area contributed by atoms with E-state index in [-0.39, 0.29) is 12.5 Å². The number of halogens is 1. The summed E-state index contributed by atoms with van der Waals surface area (Å²) in [6, 6.07) is 0. The zero-order valence-corrected chi connectivity index (χ0v) is 11.6. The van der Waals surface area contributed by atoms with Crippen LogP contribution in [0.25, 0.3) is 0 Å². The first-order valence-electron chi connectivity index (χ1n) is 4.83. The van der Waals surface area contributed by atoms with E-state index >= 15 is 0 Å². The van der Waals surface area contributed by atoms with Gasteiger partial charge in [0.2, 0.25) is 0 Å². The second-order valence-corrected chi connectivity index (χ2v) is 5.19. The first kappa shape index (κ1) is 13.5. The summed E-state index contributed by atoms with van der Waals surface area (Å²) in [7, 11) is 1.54. The first-order valence-corrected chi connectivity index (χ1v) is 6.44. The van der Waals surface area contributed by atoms with Crippen molar-refractivity contribution in [2.75, 3.05) is 20.3 Å². The number of ether oxygens (including phenoxy) is 1. The van der Waals surface area contributed by atoms with Crippen molar-refractivity contribution >= 4 is 33.2 Å². The van der Waals surface area contributed by atoms with Gasteiger partial charge in [0.25, 0.3) is 5.91 Å². The Hall–Kier alpha value is -0.590. The SMILES string of the molecule is COc1c(C(=O)NCCCO)sc(C)c1Br. The number of aliphatic hydroxyl groups is 1. The van der Waals surface area contributed by atoms with Crippen molar-refractivity contribution in [2.24, 2.45) is 0 Å². The van der Waals surface area contributed by atoms with E-state index in [4.69, 9.17) is 9.84 Å². The molecule has 0 spiro atoms. The van der Waals surface area contributed by atoms with Crippen molar-refractivity contribution in [3.8, 4) is 5.75 Å². The summed E-state index contributed by atoms with van der Waals surface area (Å²) in [4.78, 5) is 13.3. The number of nitrogens with one attached hydrogen (secondary N) is 1. The molecule has 4 nitrogen and oxygen atoms in total. The maximum absolute atomic E-state index is 11.8. The maximum atomic E-state index is 11.8. The number of rotatable bonds is 5. The third kappa shape index (κ3) is 2.96. The number of hydrogen-bond donors (Lipinski definition) is 2. The molecule has 1 aromatic heterocycles. The van der Waals surface area contributed by atoms with Gasteiger partial charge in [-0.25, -0.2) is 0 Å². The molecular weight excluding hydrogens is 294 g/mol. The Bertz CT molecular complexity index is 378. The van der Waals surface area contributed by atoms with E-state index in [9.17, 15) is 4.79 Å². The number of aliphatic hydroxyl groups excluding tert-OH is 1. The Balaban J connectivity index is 2.78. The van der Waals surface area contributed by atoms with Gasteiger partial charge >= 0.3 is 0 Å². The molecule has 0 aliphatic heterocycles. The van der Waals surface area contributed by atoms with Crippen molar-refractivity contribution in [2.45, 2.75) is 13.3 Å². The van der Waals surface area contributed by atoms with Crippen LogP contribution in [0.15, 0.2) is 4.47 Å².